The van der Waals surface area contributed by atoms with Crippen molar-refractivity contribution in [1.29, 1.82) is 0 Å². The van der Waals surface area contributed by atoms with E-state index in [1.54, 1.807) is 0 Å². The Balaban J connectivity index is 2.01. The standard InChI is InChI=1S/C29H34NSi/c1-20(2)23-14-13-21(3)28(19-23)29-27-16-15-26(18-24(27)17-22(4)30(29)5)31(6,7)25-11-9-8-10-12-25/h8-20H,1-7H3/q+1/i17D. The SMILES string of the molecule is [2H]c1c(C)[n+](C)c(-c2cc(C(C)C)ccc2C)c2ccc([Si](C)(C)c3ccccc3)cc12. The zero-order valence-electron chi connectivity index (χ0n) is 20.9. The molecule has 31 heavy (non-hydrogen) atoms. The molecule has 4 aromatic rings. The van der Waals surface area contributed by atoms with Gasteiger partial charge in [-0.3, -0.25) is 0 Å². The third-order valence-corrected chi connectivity index (χ3v) is 10.4. The molecule has 1 heterocycles. The lowest BCUT2D eigenvalue weighted by atomic mass is 9.93. The minimum absolute atomic E-state index is 0.478. The van der Waals surface area contributed by atoms with Crippen molar-refractivity contribution in [2.75, 3.05) is 0 Å². The molecule has 4 rings (SSSR count). The van der Waals surface area contributed by atoms with Crippen LogP contribution in [-0.4, -0.2) is 8.07 Å². The molecule has 1 aromatic heterocycles. The first-order valence-electron chi connectivity index (χ1n) is 11.7. The topological polar surface area (TPSA) is 3.88 Å². The molecule has 158 valence electrons. The summed E-state index contributed by atoms with van der Waals surface area (Å²) in [6.07, 6.45) is 0. The van der Waals surface area contributed by atoms with Gasteiger partial charge in [-0.05, 0) is 41.5 Å². The number of hydrogen-bond donors (Lipinski definition) is 0. The highest BCUT2D eigenvalue weighted by Crippen LogP contribution is 2.31. The highest BCUT2D eigenvalue weighted by Gasteiger charge is 2.27. The van der Waals surface area contributed by atoms with Gasteiger partial charge in [0, 0.05) is 18.5 Å². The van der Waals surface area contributed by atoms with Crippen LogP contribution in [0.3, 0.4) is 0 Å². The van der Waals surface area contributed by atoms with E-state index in [2.05, 4.69) is 119 Å². The molecule has 0 fully saturated rings. The van der Waals surface area contributed by atoms with E-state index in [1.807, 2.05) is 0 Å². The van der Waals surface area contributed by atoms with Gasteiger partial charge in [-0.1, -0.05) is 91.9 Å². The van der Waals surface area contributed by atoms with Crippen molar-refractivity contribution >= 4 is 29.2 Å². The first-order chi connectivity index (χ1) is 15.1. The molecule has 0 bridgehead atoms. The predicted octanol–water partition coefficient (Wildman–Crippen LogP) is 5.89. The van der Waals surface area contributed by atoms with Gasteiger partial charge in [-0.25, -0.2) is 0 Å². The van der Waals surface area contributed by atoms with Gasteiger partial charge in [0.25, 0.3) is 0 Å². The largest absolute Gasteiger partial charge is 0.220 e. The van der Waals surface area contributed by atoms with Crippen molar-refractivity contribution in [3.05, 3.63) is 89.6 Å². The Kier molecular flexibility index (Phi) is 5.27. The van der Waals surface area contributed by atoms with Crippen LogP contribution in [0.2, 0.25) is 13.1 Å². The van der Waals surface area contributed by atoms with Crippen molar-refractivity contribution in [3.8, 4) is 11.3 Å². The maximum atomic E-state index is 8.95. The fourth-order valence-electron chi connectivity index (χ4n) is 4.47. The predicted molar refractivity (Wildman–Crippen MR) is 137 cm³/mol. The van der Waals surface area contributed by atoms with Crippen molar-refractivity contribution in [1.82, 2.24) is 0 Å². The van der Waals surface area contributed by atoms with Crippen LogP contribution in [0.5, 0.6) is 0 Å². The lowest BCUT2D eigenvalue weighted by Gasteiger charge is -2.24. The molecule has 3 aromatic carbocycles. The normalized spacial score (nSPS) is 12.5. The Morgan fingerprint density at radius 3 is 2.26 bits per heavy atom. The zero-order valence-corrected chi connectivity index (χ0v) is 20.9. The molecule has 0 spiro atoms. The van der Waals surface area contributed by atoms with Crippen molar-refractivity contribution in [2.24, 2.45) is 7.05 Å². The monoisotopic (exact) mass is 425 g/mol. The van der Waals surface area contributed by atoms with E-state index in [9.17, 15) is 0 Å². The Hall–Kier alpha value is -2.71. The first-order valence-corrected chi connectivity index (χ1v) is 14.2. The summed E-state index contributed by atoms with van der Waals surface area (Å²) in [6, 6.07) is 25.2. The average molecular weight is 426 g/mol. The summed E-state index contributed by atoms with van der Waals surface area (Å²) in [5, 5.41) is 5.01. The first kappa shape index (κ1) is 20.2. The number of benzene rings is 3. The summed E-state index contributed by atoms with van der Waals surface area (Å²) in [7, 11) is 0.249. The van der Waals surface area contributed by atoms with Gasteiger partial charge in [0.1, 0.15) is 15.1 Å². The van der Waals surface area contributed by atoms with Gasteiger partial charge in [-0.2, -0.15) is 4.57 Å². The summed E-state index contributed by atoms with van der Waals surface area (Å²) in [5.41, 5.74) is 6.09. The fourth-order valence-corrected chi connectivity index (χ4v) is 6.84. The summed E-state index contributed by atoms with van der Waals surface area (Å²) >= 11 is 0. The second-order valence-electron chi connectivity index (χ2n) is 9.60. The molecular weight excluding hydrogens is 390 g/mol. The van der Waals surface area contributed by atoms with Crippen LogP contribution in [0.15, 0.2) is 72.8 Å². The zero-order chi connectivity index (χ0) is 23.2. The molecule has 0 aliphatic carbocycles. The van der Waals surface area contributed by atoms with Gasteiger partial charge >= 0.3 is 0 Å². The molecular formula is C29H34NSi+. The lowest BCUT2D eigenvalue weighted by molar-refractivity contribution is -0.665. The molecule has 0 radical (unpaired) electrons. The van der Waals surface area contributed by atoms with Crippen LogP contribution >= 0.6 is 0 Å². The molecule has 0 atom stereocenters. The molecule has 0 saturated carbocycles. The van der Waals surface area contributed by atoms with Crippen LogP contribution < -0.4 is 14.9 Å². The molecule has 2 heteroatoms. The van der Waals surface area contributed by atoms with E-state index in [-0.39, 0.29) is 0 Å². The number of fused-ring (bicyclic) bond motifs is 1. The van der Waals surface area contributed by atoms with E-state index < -0.39 is 8.07 Å². The number of aromatic nitrogens is 1. The third kappa shape index (κ3) is 3.85. The molecule has 0 N–H and O–H groups in total. The highest BCUT2D eigenvalue weighted by molar-refractivity contribution is 7.00. The maximum Gasteiger partial charge on any atom is 0.220 e. The maximum absolute atomic E-state index is 8.95. The Morgan fingerprint density at radius 1 is 0.871 bits per heavy atom. The fraction of sp³-hybridized carbons (Fsp3) is 0.276. The van der Waals surface area contributed by atoms with Crippen LogP contribution in [0.1, 0.15) is 38.0 Å². The van der Waals surface area contributed by atoms with E-state index in [0.29, 0.717) is 12.0 Å². The van der Waals surface area contributed by atoms with Crippen LogP contribution in [0, 0.1) is 13.8 Å². The molecule has 0 aliphatic rings. The van der Waals surface area contributed by atoms with Crippen molar-refractivity contribution in [3.63, 3.8) is 0 Å². The number of rotatable bonds is 4. The summed E-state index contributed by atoms with van der Waals surface area (Å²) < 4.78 is 11.2. The van der Waals surface area contributed by atoms with Crippen molar-refractivity contribution in [2.45, 2.75) is 46.7 Å². The summed E-state index contributed by atoms with van der Waals surface area (Å²) in [4.78, 5) is 0. The van der Waals surface area contributed by atoms with Gasteiger partial charge in [0.15, 0.2) is 5.69 Å². The summed E-state index contributed by atoms with van der Waals surface area (Å²) in [5.74, 6) is 0.478. The van der Waals surface area contributed by atoms with E-state index in [4.69, 9.17) is 1.37 Å². The number of aryl methyl sites for hydroxylation is 1. The van der Waals surface area contributed by atoms with E-state index in [1.165, 1.54) is 32.8 Å². The van der Waals surface area contributed by atoms with Gasteiger partial charge < -0.3 is 0 Å². The average Bonchev–Trinajstić information content (AvgIpc) is 2.79. The molecule has 0 unspecified atom stereocenters. The molecule has 0 aliphatic heterocycles. The molecule has 0 saturated heterocycles. The third-order valence-electron chi connectivity index (χ3n) is 6.83. The Morgan fingerprint density at radius 2 is 1.58 bits per heavy atom. The van der Waals surface area contributed by atoms with E-state index >= 15 is 0 Å². The van der Waals surface area contributed by atoms with Crippen LogP contribution in [-0.2, 0) is 7.05 Å². The number of nitrogens with zero attached hydrogens (tertiary/aromatic N) is 1. The quantitative estimate of drug-likeness (QED) is 0.283. The van der Waals surface area contributed by atoms with Crippen molar-refractivity contribution < 1.29 is 5.94 Å². The minimum atomic E-state index is -1.85. The Labute approximate surface area is 189 Å². The minimum Gasteiger partial charge on any atom is -0.198 e. The Bertz CT molecular complexity index is 1310. The second-order valence-corrected chi connectivity index (χ2v) is 14.0. The summed E-state index contributed by atoms with van der Waals surface area (Å²) in [6.45, 7) is 13.6. The second kappa shape index (κ2) is 8.09. The highest BCUT2D eigenvalue weighted by atomic mass is 28.3. The van der Waals surface area contributed by atoms with Gasteiger partial charge in [-0.15, -0.1) is 0 Å². The van der Waals surface area contributed by atoms with Crippen LogP contribution in [0.25, 0.3) is 22.0 Å². The van der Waals surface area contributed by atoms with E-state index in [0.717, 1.165) is 16.5 Å². The van der Waals surface area contributed by atoms with Gasteiger partial charge in [0.05, 0.1) is 6.76 Å². The van der Waals surface area contributed by atoms with Crippen LogP contribution in [0.4, 0.5) is 0 Å². The number of pyridine rings is 1. The lowest BCUT2D eigenvalue weighted by Crippen LogP contribution is -2.52. The smallest absolute Gasteiger partial charge is 0.198 e. The molecule has 1 nitrogen and oxygen atoms in total. The van der Waals surface area contributed by atoms with Gasteiger partial charge in [0.2, 0.25) is 5.69 Å². The molecule has 0 amide bonds. The number of hydrogen-bond acceptors (Lipinski definition) is 0.